The molecule has 1 aromatic carbocycles. The molecule has 0 aliphatic rings. The van der Waals surface area contributed by atoms with Gasteiger partial charge in [-0.3, -0.25) is 0 Å². The molecule has 0 aromatic heterocycles. The van der Waals surface area contributed by atoms with Gasteiger partial charge in [-0.2, -0.15) is 18.4 Å². The average Bonchev–Trinajstić information content (AvgIpc) is 2.27. The number of rotatable bonds is 3. The molecule has 0 heterocycles. The molecular weight excluding hydrogens is 315 g/mol. The van der Waals surface area contributed by atoms with Crippen LogP contribution in [0.1, 0.15) is 23.7 Å². The second-order valence-electron chi connectivity index (χ2n) is 3.60. The van der Waals surface area contributed by atoms with Crippen molar-refractivity contribution in [2.24, 2.45) is 0 Å². The summed E-state index contributed by atoms with van der Waals surface area (Å²) in [7, 11) is 0. The van der Waals surface area contributed by atoms with Crippen molar-refractivity contribution < 1.29 is 23.4 Å². The third-order valence-corrected chi connectivity index (χ3v) is 2.80. The quantitative estimate of drug-likeness (QED) is 0.899. The number of halogens is 4. The van der Waals surface area contributed by atoms with Crippen LogP contribution < -0.4 is 0 Å². The number of aliphatic hydroxyl groups is 2. The Hall–Kier alpha value is -1.10. The van der Waals surface area contributed by atoms with E-state index in [0.717, 1.165) is 12.1 Å². The summed E-state index contributed by atoms with van der Waals surface area (Å²) < 4.78 is 38.5. The lowest BCUT2D eigenvalue weighted by Gasteiger charge is -2.20. The average molecular weight is 324 g/mol. The number of alkyl halides is 3. The van der Waals surface area contributed by atoms with E-state index in [1.54, 1.807) is 6.07 Å². The highest BCUT2D eigenvalue weighted by molar-refractivity contribution is 9.10. The molecule has 0 bridgehead atoms. The molecule has 18 heavy (non-hydrogen) atoms. The number of nitrogens with zero attached hydrogens (tertiary/aromatic N) is 1. The Labute approximate surface area is 110 Å². The zero-order chi connectivity index (χ0) is 13.9. The van der Waals surface area contributed by atoms with Crippen LogP contribution in [0.5, 0.6) is 0 Å². The Kier molecular flexibility index (Phi) is 4.73. The molecule has 0 amide bonds. The zero-order valence-electron chi connectivity index (χ0n) is 8.95. The fraction of sp³-hybridized carbons (Fsp3) is 0.364. The van der Waals surface area contributed by atoms with E-state index in [-0.39, 0.29) is 4.47 Å². The second kappa shape index (κ2) is 5.69. The van der Waals surface area contributed by atoms with Crippen molar-refractivity contribution in [3.8, 4) is 6.07 Å². The summed E-state index contributed by atoms with van der Waals surface area (Å²) in [4.78, 5) is 0. The van der Waals surface area contributed by atoms with Crippen LogP contribution in [0.4, 0.5) is 13.2 Å². The SMILES string of the molecule is N#CCC(O)C(O)c1ccc(Br)cc1C(F)(F)F. The molecule has 1 rings (SSSR count). The summed E-state index contributed by atoms with van der Waals surface area (Å²) in [6, 6.07) is 4.80. The van der Waals surface area contributed by atoms with Gasteiger partial charge in [0.2, 0.25) is 0 Å². The molecule has 0 aliphatic carbocycles. The molecule has 2 N–H and O–H groups in total. The predicted molar refractivity (Wildman–Crippen MR) is 60.3 cm³/mol. The van der Waals surface area contributed by atoms with E-state index >= 15 is 0 Å². The fourth-order valence-electron chi connectivity index (χ4n) is 1.44. The van der Waals surface area contributed by atoms with E-state index in [1.807, 2.05) is 0 Å². The molecule has 3 nitrogen and oxygen atoms in total. The maximum atomic E-state index is 12.8. The van der Waals surface area contributed by atoms with Gasteiger partial charge in [-0.25, -0.2) is 0 Å². The standard InChI is InChI=1S/C11H9BrF3NO2/c12-6-1-2-7(8(5-6)11(13,14)15)10(18)9(17)3-4-16/h1-2,5,9-10,17-18H,3H2. The third kappa shape index (κ3) is 3.45. The molecular formula is C11H9BrF3NO2. The Morgan fingerprint density at radius 1 is 1.33 bits per heavy atom. The molecule has 0 saturated heterocycles. The molecule has 0 fully saturated rings. The van der Waals surface area contributed by atoms with Crippen LogP contribution in [0.3, 0.4) is 0 Å². The van der Waals surface area contributed by atoms with Crippen molar-refractivity contribution >= 4 is 15.9 Å². The van der Waals surface area contributed by atoms with Crippen LogP contribution in [0.25, 0.3) is 0 Å². The highest BCUT2D eigenvalue weighted by Gasteiger charge is 2.36. The Morgan fingerprint density at radius 2 is 1.94 bits per heavy atom. The van der Waals surface area contributed by atoms with Crippen molar-refractivity contribution in [1.82, 2.24) is 0 Å². The van der Waals surface area contributed by atoms with Gasteiger partial charge in [0, 0.05) is 4.47 Å². The van der Waals surface area contributed by atoms with E-state index < -0.39 is 35.9 Å². The molecule has 2 atom stereocenters. The van der Waals surface area contributed by atoms with Crippen LogP contribution in [-0.4, -0.2) is 16.3 Å². The van der Waals surface area contributed by atoms with E-state index in [9.17, 15) is 23.4 Å². The molecule has 0 spiro atoms. The monoisotopic (exact) mass is 323 g/mol. The van der Waals surface area contributed by atoms with Gasteiger partial charge in [-0.1, -0.05) is 22.0 Å². The van der Waals surface area contributed by atoms with Crippen molar-refractivity contribution in [2.75, 3.05) is 0 Å². The minimum absolute atomic E-state index is 0.209. The summed E-state index contributed by atoms with van der Waals surface area (Å²) in [5.74, 6) is 0. The number of hydrogen-bond acceptors (Lipinski definition) is 3. The number of aliphatic hydroxyl groups excluding tert-OH is 2. The first kappa shape index (κ1) is 15.0. The van der Waals surface area contributed by atoms with E-state index in [0.29, 0.717) is 0 Å². The van der Waals surface area contributed by atoms with Crippen LogP contribution >= 0.6 is 15.9 Å². The fourth-order valence-corrected chi connectivity index (χ4v) is 1.81. The summed E-state index contributed by atoms with van der Waals surface area (Å²) in [6.45, 7) is 0. The van der Waals surface area contributed by atoms with E-state index in [2.05, 4.69) is 15.9 Å². The molecule has 1 aromatic rings. The van der Waals surface area contributed by atoms with Crippen LogP contribution in [0.15, 0.2) is 22.7 Å². The number of nitriles is 1. The van der Waals surface area contributed by atoms with E-state index in [4.69, 9.17) is 5.26 Å². The number of benzene rings is 1. The van der Waals surface area contributed by atoms with Gasteiger partial charge in [0.1, 0.15) is 6.10 Å². The third-order valence-electron chi connectivity index (χ3n) is 2.30. The van der Waals surface area contributed by atoms with Crippen molar-refractivity contribution in [1.29, 1.82) is 5.26 Å². The summed E-state index contributed by atoms with van der Waals surface area (Å²) in [6.07, 6.45) is -8.41. The summed E-state index contributed by atoms with van der Waals surface area (Å²) in [5, 5.41) is 27.4. The van der Waals surface area contributed by atoms with Gasteiger partial charge in [0.05, 0.1) is 24.2 Å². The van der Waals surface area contributed by atoms with Gasteiger partial charge in [0.25, 0.3) is 0 Å². The Bertz CT molecular complexity index is 470. The van der Waals surface area contributed by atoms with Gasteiger partial charge in [-0.15, -0.1) is 0 Å². The van der Waals surface area contributed by atoms with Crippen molar-refractivity contribution in [3.05, 3.63) is 33.8 Å². The normalized spacial score (nSPS) is 14.9. The van der Waals surface area contributed by atoms with Gasteiger partial charge in [0.15, 0.2) is 0 Å². The second-order valence-corrected chi connectivity index (χ2v) is 4.52. The van der Waals surface area contributed by atoms with Crippen LogP contribution in [0, 0.1) is 11.3 Å². The lowest BCUT2D eigenvalue weighted by atomic mass is 9.97. The summed E-state index contributed by atoms with van der Waals surface area (Å²) >= 11 is 2.91. The number of hydrogen-bond donors (Lipinski definition) is 2. The lowest BCUT2D eigenvalue weighted by molar-refractivity contribution is -0.139. The largest absolute Gasteiger partial charge is 0.416 e. The first-order valence-electron chi connectivity index (χ1n) is 4.87. The maximum Gasteiger partial charge on any atom is 0.416 e. The molecule has 98 valence electrons. The van der Waals surface area contributed by atoms with Crippen molar-refractivity contribution in [3.63, 3.8) is 0 Å². The highest BCUT2D eigenvalue weighted by atomic mass is 79.9. The minimum atomic E-state index is -4.65. The predicted octanol–water partition coefficient (Wildman–Crippen LogP) is 2.78. The van der Waals surface area contributed by atoms with E-state index in [1.165, 1.54) is 6.07 Å². The first-order chi connectivity index (χ1) is 8.27. The topological polar surface area (TPSA) is 64.2 Å². The van der Waals surface area contributed by atoms with Gasteiger partial charge >= 0.3 is 6.18 Å². The highest BCUT2D eigenvalue weighted by Crippen LogP contribution is 2.37. The van der Waals surface area contributed by atoms with Crippen molar-refractivity contribution in [2.45, 2.75) is 24.8 Å². The zero-order valence-corrected chi connectivity index (χ0v) is 10.5. The minimum Gasteiger partial charge on any atom is -0.389 e. The molecule has 7 heteroatoms. The first-order valence-corrected chi connectivity index (χ1v) is 5.66. The Morgan fingerprint density at radius 3 is 2.44 bits per heavy atom. The molecule has 0 radical (unpaired) electrons. The Balaban J connectivity index is 3.20. The van der Waals surface area contributed by atoms with Gasteiger partial charge < -0.3 is 10.2 Å². The lowest BCUT2D eigenvalue weighted by Crippen LogP contribution is -2.21. The molecule has 0 aliphatic heterocycles. The summed E-state index contributed by atoms with van der Waals surface area (Å²) in [5.41, 5.74) is -1.49. The smallest absolute Gasteiger partial charge is 0.389 e. The molecule has 0 saturated carbocycles. The molecule has 2 unspecified atom stereocenters. The van der Waals surface area contributed by atoms with Crippen LogP contribution in [0.2, 0.25) is 0 Å². The van der Waals surface area contributed by atoms with Gasteiger partial charge in [-0.05, 0) is 17.7 Å². The maximum absolute atomic E-state index is 12.8. The van der Waals surface area contributed by atoms with Crippen LogP contribution in [-0.2, 0) is 6.18 Å².